The molecule has 2 nitrogen and oxygen atoms in total. The van der Waals surface area contributed by atoms with Gasteiger partial charge in [0.05, 0.1) is 5.92 Å². The molecule has 1 aliphatic rings. The van der Waals surface area contributed by atoms with Gasteiger partial charge in [0, 0.05) is 11.9 Å². The van der Waals surface area contributed by atoms with Gasteiger partial charge >= 0.3 is 0 Å². The Kier molecular flexibility index (Phi) is 2.66. The first-order valence-electron chi connectivity index (χ1n) is 3.52. The highest BCUT2D eigenvalue weighted by Crippen LogP contribution is 2.05. The van der Waals surface area contributed by atoms with Gasteiger partial charge in [0.1, 0.15) is 0 Å². The number of rotatable bonds is 2. The number of allylic oxidation sites excluding steroid dienone is 5. The summed E-state index contributed by atoms with van der Waals surface area (Å²) in [4.78, 5) is 10.3. The van der Waals surface area contributed by atoms with Gasteiger partial charge in [-0.05, 0) is 19.1 Å². The number of hydrogen-bond donors (Lipinski definition) is 1. The molecule has 0 aromatic rings. The van der Waals surface area contributed by atoms with Gasteiger partial charge in [0.15, 0.2) is 0 Å². The van der Waals surface area contributed by atoms with E-state index in [4.69, 9.17) is 0 Å². The molecule has 1 rings (SSSR count). The zero-order valence-corrected chi connectivity index (χ0v) is 6.37. The lowest BCUT2D eigenvalue weighted by Crippen LogP contribution is -2.13. The summed E-state index contributed by atoms with van der Waals surface area (Å²) in [6.45, 7) is 1.80. The summed E-state index contributed by atoms with van der Waals surface area (Å²) in [6.07, 6.45) is 11.2. The minimum Gasteiger partial charge on any atom is -0.364 e. The Morgan fingerprint density at radius 2 is 2.27 bits per heavy atom. The van der Waals surface area contributed by atoms with E-state index >= 15 is 0 Å². The van der Waals surface area contributed by atoms with E-state index < -0.39 is 0 Å². The molecule has 1 radical (unpaired) electrons. The third kappa shape index (κ3) is 2.08. The van der Waals surface area contributed by atoms with Crippen LogP contribution < -0.4 is 5.32 Å². The van der Waals surface area contributed by atoms with Gasteiger partial charge in [-0.1, -0.05) is 12.2 Å². The fourth-order valence-corrected chi connectivity index (χ4v) is 0.804. The molecule has 0 aromatic carbocycles. The minimum atomic E-state index is -0.178. The molecular formula is C9H10NO. The third-order valence-corrected chi connectivity index (χ3v) is 1.49. The second kappa shape index (κ2) is 3.76. The van der Waals surface area contributed by atoms with Crippen LogP contribution in [-0.2, 0) is 4.79 Å². The summed E-state index contributed by atoms with van der Waals surface area (Å²) < 4.78 is 0. The normalized spacial score (nSPS) is 18.1. The summed E-state index contributed by atoms with van der Waals surface area (Å²) >= 11 is 0. The first-order chi connectivity index (χ1) is 5.34. The fraction of sp³-hybridized carbons (Fsp3) is 0.222. The lowest BCUT2D eigenvalue weighted by atomic mass is 10.1. The second-order valence-electron chi connectivity index (χ2n) is 2.35. The number of nitrogens with one attached hydrogen (secondary N) is 1. The average molecular weight is 148 g/mol. The van der Waals surface area contributed by atoms with Gasteiger partial charge in [-0.2, -0.15) is 0 Å². The van der Waals surface area contributed by atoms with Crippen LogP contribution in [0.15, 0.2) is 36.2 Å². The molecule has 2 heteroatoms. The predicted octanol–water partition coefficient (Wildman–Crippen LogP) is 1.29. The monoisotopic (exact) mass is 148 g/mol. The molecule has 0 bridgehead atoms. The van der Waals surface area contributed by atoms with Crippen LogP contribution in [0.25, 0.3) is 0 Å². The Morgan fingerprint density at radius 3 is 3.00 bits per heavy atom. The van der Waals surface area contributed by atoms with E-state index in [0.717, 1.165) is 5.70 Å². The van der Waals surface area contributed by atoms with Gasteiger partial charge in [-0.3, -0.25) is 4.79 Å². The van der Waals surface area contributed by atoms with Gasteiger partial charge in [-0.15, -0.1) is 0 Å². The Balaban J connectivity index is 2.71. The van der Waals surface area contributed by atoms with Gasteiger partial charge in [0.25, 0.3) is 0 Å². The van der Waals surface area contributed by atoms with Crippen LogP contribution in [-0.4, -0.2) is 6.29 Å². The van der Waals surface area contributed by atoms with E-state index in [1.165, 1.54) is 0 Å². The van der Waals surface area contributed by atoms with Crippen LogP contribution >= 0.6 is 0 Å². The molecule has 1 N–H and O–H groups in total. The zero-order chi connectivity index (χ0) is 8.10. The van der Waals surface area contributed by atoms with Crippen molar-refractivity contribution in [3.63, 3.8) is 0 Å². The Hall–Kier alpha value is -1.31. The van der Waals surface area contributed by atoms with Gasteiger partial charge in [0.2, 0.25) is 6.29 Å². The molecule has 1 unspecified atom stereocenters. The van der Waals surface area contributed by atoms with E-state index in [1.54, 1.807) is 13.1 Å². The van der Waals surface area contributed by atoms with E-state index in [0.29, 0.717) is 0 Å². The van der Waals surface area contributed by atoms with Crippen molar-refractivity contribution in [3.05, 3.63) is 36.2 Å². The first kappa shape index (κ1) is 7.79. The van der Waals surface area contributed by atoms with Crippen molar-refractivity contribution in [2.24, 2.45) is 5.92 Å². The molecule has 0 aliphatic carbocycles. The van der Waals surface area contributed by atoms with Crippen molar-refractivity contribution in [3.8, 4) is 0 Å². The highest BCUT2D eigenvalue weighted by molar-refractivity contribution is 5.59. The van der Waals surface area contributed by atoms with Crippen LogP contribution in [0.5, 0.6) is 0 Å². The van der Waals surface area contributed by atoms with Crippen molar-refractivity contribution in [2.75, 3.05) is 0 Å². The molecule has 1 heterocycles. The summed E-state index contributed by atoms with van der Waals surface area (Å²) in [6, 6.07) is 0. The smallest absolute Gasteiger partial charge is 0.207 e. The molecular weight excluding hydrogens is 138 g/mol. The lowest BCUT2D eigenvalue weighted by molar-refractivity contribution is 0.537. The van der Waals surface area contributed by atoms with Gasteiger partial charge in [-0.25, -0.2) is 0 Å². The Labute approximate surface area is 66.3 Å². The highest BCUT2D eigenvalue weighted by Gasteiger charge is 2.05. The zero-order valence-electron chi connectivity index (χ0n) is 6.37. The molecule has 11 heavy (non-hydrogen) atoms. The molecule has 0 aromatic heterocycles. The van der Waals surface area contributed by atoms with Crippen LogP contribution in [0.2, 0.25) is 0 Å². The maximum atomic E-state index is 10.3. The summed E-state index contributed by atoms with van der Waals surface area (Å²) in [5.41, 5.74) is 0.880. The van der Waals surface area contributed by atoms with Crippen LogP contribution in [0.1, 0.15) is 6.92 Å². The van der Waals surface area contributed by atoms with E-state index in [1.807, 2.05) is 30.6 Å². The molecule has 0 saturated heterocycles. The SMILES string of the molecule is CC([C]=O)C1=CC=CC=CN1. The van der Waals surface area contributed by atoms with E-state index in [9.17, 15) is 4.79 Å². The standard InChI is InChI=1S/C9H10NO/c1-8(7-11)9-5-3-2-4-6-10-9/h2-6,8,10H,1H3. The minimum absolute atomic E-state index is 0.178. The molecule has 1 aliphatic heterocycles. The molecule has 0 fully saturated rings. The van der Waals surface area contributed by atoms with Crippen molar-refractivity contribution in [1.29, 1.82) is 0 Å². The molecule has 0 saturated carbocycles. The van der Waals surface area contributed by atoms with Crippen molar-refractivity contribution >= 4 is 6.29 Å². The summed E-state index contributed by atoms with van der Waals surface area (Å²) in [5.74, 6) is -0.178. The lowest BCUT2D eigenvalue weighted by Gasteiger charge is -2.06. The predicted molar refractivity (Wildman–Crippen MR) is 44.4 cm³/mol. The topological polar surface area (TPSA) is 29.1 Å². The van der Waals surface area contributed by atoms with E-state index in [2.05, 4.69) is 5.32 Å². The Morgan fingerprint density at radius 1 is 1.45 bits per heavy atom. The molecule has 0 amide bonds. The van der Waals surface area contributed by atoms with Crippen molar-refractivity contribution in [1.82, 2.24) is 5.32 Å². The first-order valence-corrected chi connectivity index (χ1v) is 3.52. The largest absolute Gasteiger partial charge is 0.364 e. The Bertz CT molecular complexity index is 226. The van der Waals surface area contributed by atoms with Crippen molar-refractivity contribution < 1.29 is 4.79 Å². The summed E-state index contributed by atoms with van der Waals surface area (Å²) in [5, 5.41) is 2.99. The van der Waals surface area contributed by atoms with Crippen LogP contribution in [0, 0.1) is 5.92 Å². The van der Waals surface area contributed by atoms with E-state index in [-0.39, 0.29) is 5.92 Å². The van der Waals surface area contributed by atoms with Gasteiger partial charge < -0.3 is 5.32 Å². The second-order valence-corrected chi connectivity index (χ2v) is 2.35. The van der Waals surface area contributed by atoms with Crippen molar-refractivity contribution in [2.45, 2.75) is 6.92 Å². The van der Waals surface area contributed by atoms with Crippen LogP contribution in [0.3, 0.4) is 0 Å². The maximum Gasteiger partial charge on any atom is 0.207 e. The fourth-order valence-electron chi connectivity index (χ4n) is 0.804. The van der Waals surface area contributed by atoms with Crippen LogP contribution in [0.4, 0.5) is 0 Å². The quantitative estimate of drug-likeness (QED) is 0.639. The summed E-state index contributed by atoms with van der Waals surface area (Å²) in [7, 11) is 0. The average Bonchev–Trinajstić information content (AvgIpc) is 2.30. The molecule has 57 valence electrons. The third-order valence-electron chi connectivity index (χ3n) is 1.49. The maximum absolute atomic E-state index is 10.3. The number of hydrogen-bond acceptors (Lipinski definition) is 2. The highest BCUT2D eigenvalue weighted by atomic mass is 16.1. The molecule has 1 atom stereocenters. The molecule has 0 spiro atoms. The number of carbonyl (C=O) groups excluding carboxylic acids is 1.